The van der Waals surface area contributed by atoms with Gasteiger partial charge in [0.05, 0.1) is 29.4 Å². The third-order valence-electron chi connectivity index (χ3n) is 5.83. The van der Waals surface area contributed by atoms with Gasteiger partial charge in [0.2, 0.25) is 11.8 Å². The number of fused-ring (bicyclic) bond motifs is 5. The van der Waals surface area contributed by atoms with E-state index in [0.717, 1.165) is 11.3 Å². The van der Waals surface area contributed by atoms with Crippen molar-refractivity contribution in [2.45, 2.75) is 18.6 Å². The summed E-state index contributed by atoms with van der Waals surface area (Å²) >= 11 is 0. The van der Waals surface area contributed by atoms with Crippen molar-refractivity contribution in [3.63, 3.8) is 0 Å². The van der Waals surface area contributed by atoms with Crippen LogP contribution in [-0.4, -0.2) is 44.5 Å². The van der Waals surface area contributed by atoms with Crippen LogP contribution in [0.4, 0.5) is 5.69 Å². The molecule has 0 spiro atoms. The molecule has 0 unspecified atom stereocenters. The largest absolute Gasteiger partial charge is 0.394 e. The molecule has 0 radical (unpaired) electrons. The van der Waals surface area contributed by atoms with E-state index in [9.17, 15) is 29.9 Å². The first-order valence-corrected chi connectivity index (χ1v) is 8.52. The van der Waals surface area contributed by atoms with Crippen molar-refractivity contribution in [1.82, 2.24) is 4.90 Å². The molecule has 2 fully saturated rings. The summed E-state index contributed by atoms with van der Waals surface area (Å²) < 4.78 is 0. The first kappa shape index (κ1) is 16.9. The van der Waals surface area contributed by atoms with E-state index in [4.69, 9.17) is 0 Å². The van der Waals surface area contributed by atoms with Crippen molar-refractivity contribution in [1.29, 1.82) is 0 Å². The highest BCUT2D eigenvalue weighted by Crippen LogP contribution is 2.53. The maximum atomic E-state index is 12.8. The molecule has 4 rings (SSSR count). The van der Waals surface area contributed by atoms with Gasteiger partial charge in [-0.2, -0.15) is 0 Å². The molecule has 1 aliphatic heterocycles. The molecule has 3 aliphatic rings. The number of hydrogen-bond donors (Lipinski definition) is 2. The number of nitro benzene ring substituents is 1. The Bertz CT molecular complexity index is 774. The monoisotopic (exact) mass is 358 g/mol. The van der Waals surface area contributed by atoms with E-state index >= 15 is 0 Å². The highest BCUT2D eigenvalue weighted by Gasteiger charge is 2.60. The number of carbonyl (C=O) groups excluding carboxylic acids is 2. The number of likely N-dealkylation sites (tertiary alicyclic amines) is 1. The first-order chi connectivity index (χ1) is 12.4. The number of imide groups is 1. The van der Waals surface area contributed by atoms with Gasteiger partial charge in [-0.3, -0.25) is 24.6 Å². The lowest BCUT2D eigenvalue weighted by atomic mass is 9.85. The van der Waals surface area contributed by atoms with Gasteiger partial charge in [-0.15, -0.1) is 0 Å². The van der Waals surface area contributed by atoms with Crippen molar-refractivity contribution < 1.29 is 24.7 Å². The van der Waals surface area contributed by atoms with Gasteiger partial charge < -0.3 is 10.2 Å². The predicted molar refractivity (Wildman–Crippen MR) is 88.5 cm³/mol. The quantitative estimate of drug-likeness (QED) is 0.347. The van der Waals surface area contributed by atoms with Gasteiger partial charge in [-0.05, 0) is 36.0 Å². The number of carbonyl (C=O) groups is 2. The zero-order valence-corrected chi connectivity index (χ0v) is 13.8. The van der Waals surface area contributed by atoms with Crippen LogP contribution < -0.4 is 0 Å². The second-order valence-corrected chi connectivity index (χ2v) is 7.09. The van der Waals surface area contributed by atoms with E-state index in [2.05, 4.69) is 0 Å². The average molecular weight is 358 g/mol. The van der Waals surface area contributed by atoms with Crippen LogP contribution in [0.15, 0.2) is 36.4 Å². The van der Waals surface area contributed by atoms with Crippen LogP contribution >= 0.6 is 0 Å². The fourth-order valence-corrected chi connectivity index (χ4v) is 4.59. The van der Waals surface area contributed by atoms with E-state index in [1.807, 2.05) is 12.2 Å². The Morgan fingerprint density at radius 3 is 2.12 bits per heavy atom. The predicted octanol–water partition coefficient (Wildman–Crippen LogP) is 0.796. The van der Waals surface area contributed by atoms with E-state index in [-0.39, 0.29) is 29.3 Å². The summed E-state index contributed by atoms with van der Waals surface area (Å²) in [5.74, 6) is -1.43. The molecule has 1 aromatic rings. The average Bonchev–Trinajstić information content (AvgIpc) is 3.31. The topological polar surface area (TPSA) is 121 Å². The lowest BCUT2D eigenvalue weighted by Crippen LogP contribution is -2.47. The molecular weight excluding hydrogens is 340 g/mol. The second-order valence-electron chi connectivity index (χ2n) is 7.09. The van der Waals surface area contributed by atoms with E-state index in [0.29, 0.717) is 5.56 Å². The molecule has 2 bridgehead atoms. The summed E-state index contributed by atoms with van der Waals surface area (Å²) in [6, 6.07) is 4.09. The van der Waals surface area contributed by atoms with Crippen molar-refractivity contribution in [3.8, 4) is 0 Å². The van der Waals surface area contributed by atoms with Crippen molar-refractivity contribution in [2.75, 3.05) is 6.61 Å². The van der Waals surface area contributed by atoms with Crippen LogP contribution in [0.3, 0.4) is 0 Å². The molecule has 26 heavy (non-hydrogen) atoms. The SMILES string of the molecule is O=C1[C@@H]2[C@H](C(=O)N1[C@@H](CO)[C@@H](O)c1ccc([N+](=O)[O-])cc1)[C@H]1C=C[C@H]2C1. The van der Waals surface area contributed by atoms with Crippen molar-refractivity contribution in [3.05, 3.63) is 52.1 Å². The van der Waals surface area contributed by atoms with Crippen LogP contribution in [0.1, 0.15) is 18.1 Å². The number of aliphatic hydroxyl groups excluding tert-OH is 2. The molecule has 8 nitrogen and oxygen atoms in total. The number of nitro groups is 1. The van der Waals surface area contributed by atoms with E-state index < -0.39 is 35.5 Å². The minimum atomic E-state index is -1.32. The molecular formula is C18H18N2O6. The Morgan fingerprint density at radius 2 is 1.65 bits per heavy atom. The van der Waals surface area contributed by atoms with Gasteiger partial charge in [-0.1, -0.05) is 12.2 Å². The van der Waals surface area contributed by atoms with Crippen molar-refractivity contribution in [2.24, 2.45) is 23.7 Å². The number of benzene rings is 1. The van der Waals surface area contributed by atoms with E-state index in [1.165, 1.54) is 24.3 Å². The highest BCUT2D eigenvalue weighted by atomic mass is 16.6. The number of allylic oxidation sites excluding steroid dienone is 2. The molecule has 1 saturated carbocycles. The van der Waals surface area contributed by atoms with Gasteiger partial charge in [0.25, 0.3) is 5.69 Å². The standard InChI is InChI=1S/C18H18N2O6/c21-8-13(16(22)9-3-5-12(6-4-9)20(25)26)19-17(23)14-10-1-2-11(7-10)15(14)18(19)24/h1-6,10-11,13-16,21-22H,7-8H2/t10-,11-,13-,14-,15+,16-/m0/s1. The molecule has 2 aliphatic carbocycles. The molecule has 8 heteroatoms. The molecule has 1 heterocycles. The van der Waals surface area contributed by atoms with Gasteiger partial charge in [-0.25, -0.2) is 0 Å². The van der Waals surface area contributed by atoms with E-state index in [1.54, 1.807) is 0 Å². The summed E-state index contributed by atoms with van der Waals surface area (Å²) in [6.45, 7) is -0.585. The molecule has 2 N–H and O–H groups in total. The minimum Gasteiger partial charge on any atom is -0.394 e. The Labute approximate surface area is 148 Å². The molecule has 2 amide bonds. The highest BCUT2D eigenvalue weighted by molar-refractivity contribution is 6.06. The lowest BCUT2D eigenvalue weighted by Gasteiger charge is -2.30. The zero-order valence-electron chi connectivity index (χ0n) is 13.8. The normalized spacial score (nSPS) is 31.4. The first-order valence-electron chi connectivity index (χ1n) is 8.52. The van der Waals surface area contributed by atoms with Crippen LogP contribution in [0.2, 0.25) is 0 Å². The summed E-state index contributed by atoms with van der Waals surface area (Å²) in [5.41, 5.74) is 0.167. The van der Waals surface area contributed by atoms with Crippen LogP contribution in [0.25, 0.3) is 0 Å². The van der Waals surface area contributed by atoms with Gasteiger partial charge in [0.15, 0.2) is 0 Å². The fraction of sp³-hybridized carbons (Fsp3) is 0.444. The Hall–Kier alpha value is -2.58. The summed E-state index contributed by atoms with van der Waals surface area (Å²) in [7, 11) is 0. The molecule has 136 valence electrons. The lowest BCUT2D eigenvalue weighted by molar-refractivity contribution is -0.384. The number of amides is 2. The number of nitrogens with zero attached hydrogens (tertiary/aromatic N) is 2. The maximum Gasteiger partial charge on any atom is 0.269 e. The van der Waals surface area contributed by atoms with Crippen LogP contribution in [0.5, 0.6) is 0 Å². The Kier molecular flexibility index (Phi) is 3.89. The molecule has 6 atom stereocenters. The molecule has 1 saturated heterocycles. The fourth-order valence-electron chi connectivity index (χ4n) is 4.59. The third-order valence-corrected chi connectivity index (χ3v) is 5.83. The Balaban J connectivity index is 1.60. The number of hydrogen-bond acceptors (Lipinski definition) is 6. The Morgan fingerprint density at radius 1 is 1.12 bits per heavy atom. The third kappa shape index (κ3) is 2.29. The molecule has 1 aromatic carbocycles. The van der Waals surface area contributed by atoms with Crippen molar-refractivity contribution >= 4 is 17.5 Å². The number of non-ortho nitro benzene ring substituents is 1. The van der Waals surface area contributed by atoms with Gasteiger partial charge >= 0.3 is 0 Å². The zero-order chi connectivity index (χ0) is 18.6. The summed E-state index contributed by atoms with van der Waals surface area (Å²) in [5, 5.41) is 31.1. The summed E-state index contributed by atoms with van der Waals surface area (Å²) in [4.78, 5) is 36.8. The van der Waals surface area contributed by atoms with Crippen LogP contribution in [0, 0.1) is 33.8 Å². The van der Waals surface area contributed by atoms with Crippen LogP contribution in [-0.2, 0) is 9.59 Å². The maximum absolute atomic E-state index is 12.8. The second kappa shape index (κ2) is 6.00. The number of aliphatic hydroxyl groups is 2. The summed E-state index contributed by atoms with van der Waals surface area (Å²) in [6.07, 6.45) is 3.43. The molecule has 0 aromatic heterocycles. The smallest absolute Gasteiger partial charge is 0.269 e. The minimum absolute atomic E-state index is 0.0438. The van der Waals surface area contributed by atoms with Gasteiger partial charge in [0.1, 0.15) is 6.10 Å². The number of rotatable bonds is 5. The van der Waals surface area contributed by atoms with Gasteiger partial charge in [0, 0.05) is 12.1 Å².